The van der Waals surface area contributed by atoms with Gasteiger partial charge in [-0.3, -0.25) is 9.59 Å². The molecule has 0 bridgehead atoms. The van der Waals surface area contributed by atoms with E-state index in [0.29, 0.717) is 43.1 Å². The fraction of sp³-hybridized carbons (Fsp3) is 0.348. The SMILES string of the molecule is COc1ccc(OC)c(NC(=O)COC(=O)C2CCN(C(=O)Nc3ccccc3)CC2)c1. The number of benzene rings is 2. The Morgan fingerprint density at radius 2 is 1.69 bits per heavy atom. The van der Waals surface area contributed by atoms with Crippen LogP contribution in [0.25, 0.3) is 0 Å². The topological polar surface area (TPSA) is 106 Å². The maximum atomic E-state index is 12.4. The molecule has 1 aliphatic heterocycles. The van der Waals surface area contributed by atoms with Gasteiger partial charge in [0.25, 0.3) is 5.91 Å². The second kappa shape index (κ2) is 11.0. The van der Waals surface area contributed by atoms with Gasteiger partial charge in [0.05, 0.1) is 25.8 Å². The molecule has 0 radical (unpaired) electrons. The maximum absolute atomic E-state index is 12.4. The molecule has 3 amide bonds. The fourth-order valence-electron chi connectivity index (χ4n) is 3.39. The van der Waals surface area contributed by atoms with E-state index in [1.807, 2.05) is 30.3 Å². The summed E-state index contributed by atoms with van der Waals surface area (Å²) in [6.45, 7) is 0.463. The second-order valence-corrected chi connectivity index (χ2v) is 7.28. The summed E-state index contributed by atoms with van der Waals surface area (Å²) in [5.74, 6) is -0.256. The molecule has 1 saturated heterocycles. The number of methoxy groups -OCH3 is 2. The number of carbonyl (C=O) groups excluding carboxylic acids is 3. The number of amides is 3. The van der Waals surface area contributed by atoms with Gasteiger partial charge in [0.2, 0.25) is 0 Å². The van der Waals surface area contributed by atoms with Crippen molar-refractivity contribution in [3.05, 3.63) is 48.5 Å². The Labute approximate surface area is 186 Å². The van der Waals surface area contributed by atoms with E-state index in [0.717, 1.165) is 5.69 Å². The standard InChI is InChI=1S/C23H27N3O6/c1-30-18-8-9-20(31-2)19(14-18)25-21(27)15-32-22(28)16-10-12-26(13-11-16)23(29)24-17-6-4-3-5-7-17/h3-9,14,16H,10-13,15H2,1-2H3,(H,24,29)(H,25,27). The molecule has 2 aromatic carbocycles. The number of para-hydroxylation sites is 1. The Hall–Kier alpha value is -3.75. The quantitative estimate of drug-likeness (QED) is 0.640. The van der Waals surface area contributed by atoms with Gasteiger partial charge in [-0.1, -0.05) is 18.2 Å². The van der Waals surface area contributed by atoms with E-state index in [4.69, 9.17) is 14.2 Å². The Morgan fingerprint density at radius 3 is 2.34 bits per heavy atom. The molecule has 2 aromatic rings. The number of likely N-dealkylation sites (tertiary alicyclic amines) is 1. The van der Waals surface area contributed by atoms with Crippen LogP contribution in [0.3, 0.4) is 0 Å². The first-order valence-electron chi connectivity index (χ1n) is 10.3. The monoisotopic (exact) mass is 441 g/mol. The molecular weight excluding hydrogens is 414 g/mol. The molecule has 9 heteroatoms. The van der Waals surface area contributed by atoms with Gasteiger partial charge in [-0.15, -0.1) is 0 Å². The number of piperidine rings is 1. The number of nitrogens with one attached hydrogen (secondary N) is 2. The largest absolute Gasteiger partial charge is 0.497 e. The average molecular weight is 441 g/mol. The number of ether oxygens (including phenoxy) is 3. The van der Waals surface area contributed by atoms with Crippen LogP contribution in [0, 0.1) is 5.92 Å². The highest BCUT2D eigenvalue weighted by molar-refractivity contribution is 5.94. The zero-order valence-corrected chi connectivity index (χ0v) is 18.1. The summed E-state index contributed by atoms with van der Waals surface area (Å²) in [6.07, 6.45) is 0.957. The summed E-state index contributed by atoms with van der Waals surface area (Å²) in [5.41, 5.74) is 1.14. The molecule has 0 aliphatic carbocycles. The molecule has 0 atom stereocenters. The van der Waals surface area contributed by atoms with E-state index in [2.05, 4.69) is 10.6 Å². The summed E-state index contributed by atoms with van der Waals surface area (Å²) in [5, 5.41) is 5.49. The van der Waals surface area contributed by atoms with Crippen molar-refractivity contribution in [3.63, 3.8) is 0 Å². The molecule has 2 N–H and O–H groups in total. The van der Waals surface area contributed by atoms with E-state index >= 15 is 0 Å². The van der Waals surface area contributed by atoms with Crippen LogP contribution in [0.5, 0.6) is 11.5 Å². The van der Waals surface area contributed by atoms with Crippen LogP contribution in [0.15, 0.2) is 48.5 Å². The van der Waals surface area contributed by atoms with Crippen molar-refractivity contribution in [1.82, 2.24) is 4.90 Å². The smallest absolute Gasteiger partial charge is 0.321 e. The molecule has 0 spiro atoms. The van der Waals surface area contributed by atoms with E-state index in [9.17, 15) is 14.4 Å². The third-order valence-electron chi connectivity index (χ3n) is 5.17. The fourth-order valence-corrected chi connectivity index (χ4v) is 3.39. The summed E-state index contributed by atoms with van der Waals surface area (Å²) in [6, 6.07) is 14.0. The zero-order valence-electron chi connectivity index (χ0n) is 18.1. The summed E-state index contributed by atoms with van der Waals surface area (Å²) >= 11 is 0. The number of rotatable bonds is 7. The molecule has 0 saturated carbocycles. The van der Waals surface area contributed by atoms with Crippen LogP contribution < -0.4 is 20.1 Å². The van der Waals surface area contributed by atoms with Crippen LogP contribution in [0.1, 0.15) is 12.8 Å². The van der Waals surface area contributed by atoms with Crippen molar-refractivity contribution in [2.45, 2.75) is 12.8 Å². The Kier molecular flexibility index (Phi) is 7.91. The number of carbonyl (C=O) groups is 3. The molecule has 3 rings (SSSR count). The minimum absolute atomic E-state index is 0.199. The van der Waals surface area contributed by atoms with Gasteiger partial charge >= 0.3 is 12.0 Å². The molecule has 0 aromatic heterocycles. The summed E-state index contributed by atoms with van der Waals surface area (Å²) in [7, 11) is 3.01. The number of esters is 1. The zero-order chi connectivity index (χ0) is 22.9. The first-order chi connectivity index (χ1) is 15.5. The minimum Gasteiger partial charge on any atom is -0.497 e. The normalized spacial score (nSPS) is 13.8. The van der Waals surface area contributed by atoms with Crippen molar-refractivity contribution < 1.29 is 28.6 Å². The first-order valence-corrected chi connectivity index (χ1v) is 10.3. The number of anilines is 2. The molecule has 1 heterocycles. The lowest BCUT2D eigenvalue weighted by atomic mass is 9.97. The van der Waals surface area contributed by atoms with Gasteiger partial charge in [0, 0.05) is 24.8 Å². The molecule has 1 aliphatic rings. The third kappa shape index (κ3) is 6.13. The van der Waals surface area contributed by atoms with E-state index in [1.54, 1.807) is 23.1 Å². The first kappa shape index (κ1) is 22.9. The molecule has 170 valence electrons. The van der Waals surface area contributed by atoms with Crippen LogP contribution in [0.4, 0.5) is 16.2 Å². The molecular formula is C23H27N3O6. The lowest BCUT2D eigenvalue weighted by molar-refractivity contribution is -0.152. The lowest BCUT2D eigenvalue weighted by Crippen LogP contribution is -2.43. The lowest BCUT2D eigenvalue weighted by Gasteiger charge is -2.30. The highest BCUT2D eigenvalue weighted by atomic mass is 16.5. The third-order valence-corrected chi connectivity index (χ3v) is 5.17. The predicted molar refractivity (Wildman–Crippen MR) is 119 cm³/mol. The van der Waals surface area contributed by atoms with E-state index in [1.165, 1.54) is 14.2 Å². The van der Waals surface area contributed by atoms with Gasteiger partial charge < -0.3 is 29.7 Å². The van der Waals surface area contributed by atoms with Gasteiger partial charge in [-0.05, 0) is 37.1 Å². The number of hydrogen-bond acceptors (Lipinski definition) is 6. The molecule has 1 fully saturated rings. The molecule has 9 nitrogen and oxygen atoms in total. The van der Waals surface area contributed by atoms with Crippen molar-refractivity contribution in [3.8, 4) is 11.5 Å². The van der Waals surface area contributed by atoms with E-state index < -0.39 is 18.5 Å². The van der Waals surface area contributed by atoms with Crippen molar-refractivity contribution in [2.24, 2.45) is 5.92 Å². The minimum atomic E-state index is -0.482. The Balaban J connectivity index is 1.43. The summed E-state index contributed by atoms with van der Waals surface area (Å²) in [4.78, 5) is 38.6. The molecule has 0 unspecified atom stereocenters. The van der Waals surface area contributed by atoms with Gasteiger partial charge in [-0.2, -0.15) is 0 Å². The second-order valence-electron chi connectivity index (χ2n) is 7.28. The van der Waals surface area contributed by atoms with Crippen molar-refractivity contribution >= 4 is 29.3 Å². The molecule has 32 heavy (non-hydrogen) atoms. The van der Waals surface area contributed by atoms with Gasteiger partial charge in [0.15, 0.2) is 6.61 Å². The summed E-state index contributed by atoms with van der Waals surface area (Å²) < 4.78 is 15.6. The van der Waals surface area contributed by atoms with Gasteiger partial charge in [-0.25, -0.2) is 4.79 Å². The maximum Gasteiger partial charge on any atom is 0.321 e. The number of urea groups is 1. The van der Waals surface area contributed by atoms with E-state index in [-0.39, 0.29) is 11.9 Å². The van der Waals surface area contributed by atoms with Crippen LogP contribution >= 0.6 is 0 Å². The Morgan fingerprint density at radius 1 is 0.969 bits per heavy atom. The number of hydrogen-bond donors (Lipinski definition) is 2. The van der Waals surface area contributed by atoms with Crippen LogP contribution in [-0.2, 0) is 14.3 Å². The Bertz CT molecular complexity index is 942. The highest BCUT2D eigenvalue weighted by Crippen LogP contribution is 2.28. The highest BCUT2D eigenvalue weighted by Gasteiger charge is 2.29. The van der Waals surface area contributed by atoms with Crippen molar-refractivity contribution in [1.29, 1.82) is 0 Å². The van der Waals surface area contributed by atoms with Gasteiger partial charge in [0.1, 0.15) is 11.5 Å². The average Bonchev–Trinajstić information content (AvgIpc) is 2.83. The van der Waals surface area contributed by atoms with Crippen LogP contribution in [-0.4, -0.2) is 56.7 Å². The van der Waals surface area contributed by atoms with Crippen LogP contribution in [0.2, 0.25) is 0 Å². The predicted octanol–water partition coefficient (Wildman–Crippen LogP) is 3.13. The number of nitrogens with zero attached hydrogens (tertiary/aromatic N) is 1. The van der Waals surface area contributed by atoms with Crippen molar-refractivity contribution in [2.75, 3.05) is 44.5 Å².